The second-order valence-electron chi connectivity index (χ2n) is 5.82. The van der Waals surface area contributed by atoms with Crippen molar-refractivity contribution >= 4 is 38.0 Å². The minimum absolute atomic E-state index is 0.0318. The summed E-state index contributed by atoms with van der Waals surface area (Å²) in [4.78, 5) is 12.3. The van der Waals surface area contributed by atoms with E-state index >= 15 is 0 Å². The lowest BCUT2D eigenvalue weighted by molar-refractivity contribution is -0.114. The van der Waals surface area contributed by atoms with Crippen LogP contribution in [-0.4, -0.2) is 38.3 Å². The average Bonchev–Trinajstić information content (AvgIpc) is 3.32. The van der Waals surface area contributed by atoms with E-state index in [0.717, 1.165) is 12.8 Å². The third-order valence-corrected chi connectivity index (χ3v) is 6.75. The van der Waals surface area contributed by atoms with Gasteiger partial charge in [0, 0.05) is 18.8 Å². The van der Waals surface area contributed by atoms with Crippen LogP contribution < -0.4 is 10.6 Å². The maximum atomic E-state index is 12.6. The fourth-order valence-corrected chi connectivity index (χ4v) is 5.01. The van der Waals surface area contributed by atoms with Crippen molar-refractivity contribution < 1.29 is 13.2 Å². The third kappa shape index (κ3) is 4.04. The maximum absolute atomic E-state index is 12.6. The van der Waals surface area contributed by atoms with Crippen LogP contribution in [-0.2, 0) is 14.8 Å². The van der Waals surface area contributed by atoms with Crippen LogP contribution in [0.15, 0.2) is 40.6 Å². The van der Waals surface area contributed by atoms with E-state index in [1.54, 1.807) is 29.6 Å². The van der Waals surface area contributed by atoms with Gasteiger partial charge in [0.2, 0.25) is 15.9 Å². The minimum Gasteiger partial charge on any atom is -0.376 e. The number of hydrogen-bond donors (Lipinski definition) is 2. The molecule has 3 rings (SSSR count). The molecule has 1 aliphatic rings. The van der Waals surface area contributed by atoms with Crippen LogP contribution in [0.25, 0.3) is 0 Å². The number of carbonyl (C=O) groups is 1. The molecule has 0 spiro atoms. The second kappa shape index (κ2) is 7.86. The molecule has 1 aliphatic heterocycles. The molecule has 0 unspecified atom stereocenters. The molecule has 0 bridgehead atoms. The fourth-order valence-electron chi connectivity index (χ4n) is 2.69. The van der Waals surface area contributed by atoms with Crippen LogP contribution >= 0.6 is 11.3 Å². The molecule has 0 aliphatic carbocycles. The van der Waals surface area contributed by atoms with E-state index in [1.807, 2.05) is 6.07 Å². The van der Waals surface area contributed by atoms with Crippen LogP contribution in [0.3, 0.4) is 0 Å². The predicted octanol–water partition coefficient (Wildman–Crippen LogP) is 2.45. The zero-order valence-electron chi connectivity index (χ0n) is 13.9. The number of thiophene rings is 1. The van der Waals surface area contributed by atoms with E-state index in [2.05, 4.69) is 10.6 Å². The summed E-state index contributed by atoms with van der Waals surface area (Å²) in [6, 6.07) is 10.1. The van der Waals surface area contributed by atoms with Crippen molar-refractivity contribution in [3.05, 3.63) is 41.3 Å². The summed E-state index contributed by atoms with van der Waals surface area (Å²) in [5, 5.41) is 16.8. The molecular weight excluding hydrogens is 372 g/mol. The number of sulfonamides is 1. The summed E-state index contributed by atoms with van der Waals surface area (Å²) in [5.41, 5.74) is 0.967. The van der Waals surface area contributed by atoms with E-state index in [4.69, 9.17) is 5.26 Å². The monoisotopic (exact) mass is 390 g/mol. The first kappa shape index (κ1) is 18.4. The van der Waals surface area contributed by atoms with Gasteiger partial charge >= 0.3 is 0 Å². The van der Waals surface area contributed by atoms with Crippen LogP contribution in [0, 0.1) is 11.3 Å². The fraction of sp³-hybridized carbons (Fsp3) is 0.294. The molecule has 9 heteroatoms. The van der Waals surface area contributed by atoms with Crippen molar-refractivity contribution in [2.24, 2.45) is 0 Å². The van der Waals surface area contributed by atoms with Crippen molar-refractivity contribution in [1.29, 1.82) is 5.26 Å². The van der Waals surface area contributed by atoms with Gasteiger partial charge in [-0.05, 0) is 42.5 Å². The topological polar surface area (TPSA) is 102 Å². The van der Waals surface area contributed by atoms with Gasteiger partial charge in [0.25, 0.3) is 0 Å². The molecular formula is C17H18N4O3S2. The maximum Gasteiger partial charge on any atom is 0.244 e. The van der Waals surface area contributed by atoms with Crippen molar-refractivity contribution in [3.8, 4) is 6.07 Å². The highest BCUT2D eigenvalue weighted by molar-refractivity contribution is 7.89. The lowest BCUT2D eigenvalue weighted by Crippen LogP contribution is -2.28. The number of amides is 1. The van der Waals surface area contributed by atoms with E-state index in [9.17, 15) is 13.2 Å². The van der Waals surface area contributed by atoms with Gasteiger partial charge in [0.15, 0.2) is 0 Å². The summed E-state index contributed by atoms with van der Waals surface area (Å²) in [6.45, 7) is 1.06. The number of nitrogens with zero attached hydrogens (tertiary/aromatic N) is 2. The molecule has 0 saturated carbocycles. The van der Waals surface area contributed by atoms with Gasteiger partial charge < -0.3 is 10.6 Å². The average molecular weight is 390 g/mol. The number of hydrogen-bond acceptors (Lipinski definition) is 6. The van der Waals surface area contributed by atoms with E-state index in [0.29, 0.717) is 29.3 Å². The Bertz CT molecular complexity index is 941. The molecule has 26 heavy (non-hydrogen) atoms. The number of nitriles is 1. The highest BCUT2D eigenvalue weighted by Gasteiger charge is 2.27. The van der Waals surface area contributed by atoms with Crippen LogP contribution in [0.1, 0.15) is 18.4 Å². The van der Waals surface area contributed by atoms with Gasteiger partial charge in [0.05, 0.1) is 17.0 Å². The Hall–Kier alpha value is -2.41. The Balaban J connectivity index is 1.64. The smallest absolute Gasteiger partial charge is 0.244 e. The van der Waals surface area contributed by atoms with Crippen molar-refractivity contribution in [3.63, 3.8) is 0 Å². The van der Waals surface area contributed by atoms with E-state index in [1.165, 1.54) is 21.7 Å². The SMILES string of the molecule is N#Cc1ccsc1NC(=O)CNc1cccc(S(=O)(=O)N2CCCC2)c1. The first-order valence-corrected chi connectivity index (χ1v) is 10.4. The lowest BCUT2D eigenvalue weighted by Gasteiger charge is -2.16. The number of benzene rings is 1. The number of carbonyl (C=O) groups excluding carboxylic acids is 1. The Labute approximate surface area is 156 Å². The van der Waals surface area contributed by atoms with Gasteiger partial charge in [-0.3, -0.25) is 4.79 Å². The summed E-state index contributed by atoms with van der Waals surface area (Å²) in [7, 11) is -3.49. The normalized spacial score (nSPS) is 14.7. The van der Waals surface area contributed by atoms with Crippen LogP contribution in [0.4, 0.5) is 10.7 Å². The number of nitrogens with one attached hydrogen (secondary N) is 2. The highest BCUT2D eigenvalue weighted by atomic mass is 32.2. The standard InChI is InChI=1S/C17H18N4O3S2/c18-11-13-6-9-25-17(13)20-16(22)12-19-14-4-3-5-15(10-14)26(23,24)21-7-1-2-8-21/h3-6,9-10,19H,1-2,7-8,12H2,(H,20,22). The molecule has 1 amide bonds. The molecule has 7 nitrogen and oxygen atoms in total. The molecule has 2 aromatic rings. The van der Waals surface area contributed by atoms with E-state index < -0.39 is 10.0 Å². The van der Waals surface area contributed by atoms with Gasteiger partial charge in [0.1, 0.15) is 11.1 Å². The molecule has 1 aromatic heterocycles. The van der Waals surface area contributed by atoms with Gasteiger partial charge in [-0.25, -0.2) is 8.42 Å². The Kier molecular flexibility index (Phi) is 5.56. The predicted molar refractivity (Wildman–Crippen MR) is 101 cm³/mol. The Morgan fingerprint density at radius 2 is 2.04 bits per heavy atom. The molecule has 0 radical (unpaired) electrons. The van der Waals surface area contributed by atoms with Crippen molar-refractivity contribution in [2.45, 2.75) is 17.7 Å². The molecule has 2 N–H and O–H groups in total. The van der Waals surface area contributed by atoms with Crippen LogP contribution in [0.2, 0.25) is 0 Å². The number of rotatable bonds is 6. The molecule has 1 aromatic carbocycles. The molecule has 2 heterocycles. The minimum atomic E-state index is -3.49. The van der Waals surface area contributed by atoms with Gasteiger partial charge in [-0.15, -0.1) is 11.3 Å². The van der Waals surface area contributed by atoms with E-state index in [-0.39, 0.29) is 17.3 Å². The lowest BCUT2D eigenvalue weighted by atomic mass is 10.3. The molecule has 0 atom stereocenters. The summed E-state index contributed by atoms with van der Waals surface area (Å²) in [6.07, 6.45) is 1.76. The van der Waals surface area contributed by atoms with Crippen molar-refractivity contribution in [2.75, 3.05) is 30.3 Å². The quantitative estimate of drug-likeness (QED) is 0.789. The van der Waals surface area contributed by atoms with Crippen LogP contribution in [0.5, 0.6) is 0 Å². The zero-order valence-corrected chi connectivity index (χ0v) is 15.6. The number of anilines is 2. The molecule has 1 fully saturated rings. The summed E-state index contributed by atoms with van der Waals surface area (Å²) < 4.78 is 26.7. The van der Waals surface area contributed by atoms with Crippen molar-refractivity contribution in [1.82, 2.24) is 4.31 Å². The Morgan fingerprint density at radius 3 is 2.77 bits per heavy atom. The third-order valence-electron chi connectivity index (χ3n) is 4.03. The van der Waals surface area contributed by atoms with Gasteiger partial charge in [-0.2, -0.15) is 9.57 Å². The first-order chi connectivity index (χ1) is 12.5. The molecule has 136 valence electrons. The second-order valence-corrected chi connectivity index (χ2v) is 8.67. The Morgan fingerprint density at radius 1 is 1.27 bits per heavy atom. The zero-order chi connectivity index (χ0) is 18.6. The summed E-state index contributed by atoms with van der Waals surface area (Å²) in [5.74, 6) is -0.309. The highest BCUT2D eigenvalue weighted by Crippen LogP contribution is 2.24. The van der Waals surface area contributed by atoms with Gasteiger partial charge in [-0.1, -0.05) is 6.07 Å². The summed E-state index contributed by atoms with van der Waals surface area (Å²) >= 11 is 1.28. The largest absolute Gasteiger partial charge is 0.376 e. The molecule has 1 saturated heterocycles. The first-order valence-electron chi connectivity index (χ1n) is 8.12.